The summed E-state index contributed by atoms with van der Waals surface area (Å²) >= 11 is 1.78. The van der Waals surface area contributed by atoms with Gasteiger partial charge < -0.3 is 5.32 Å². The maximum Gasteiger partial charge on any atom is 0.0576 e. The molecule has 20 heavy (non-hydrogen) atoms. The molecule has 0 radical (unpaired) electrons. The summed E-state index contributed by atoms with van der Waals surface area (Å²) in [6, 6.07) is 18.0. The lowest BCUT2D eigenvalue weighted by Crippen LogP contribution is -2.23. The summed E-state index contributed by atoms with van der Waals surface area (Å²) in [5, 5.41) is 3.65. The minimum atomic E-state index is 0.284. The number of hydrogen-bond donors (Lipinski definition) is 1. The SMILES string of the molecule is CCCNC(c1ccc(C)cc1)c1ccc(SC)cc1. The molecule has 1 nitrogen and oxygen atoms in total. The van der Waals surface area contributed by atoms with E-state index in [-0.39, 0.29) is 6.04 Å². The molecule has 0 saturated heterocycles. The first-order valence-electron chi connectivity index (χ1n) is 7.18. The number of hydrogen-bond acceptors (Lipinski definition) is 2. The Morgan fingerprint density at radius 3 is 2.00 bits per heavy atom. The Bertz CT molecular complexity index is 516. The van der Waals surface area contributed by atoms with Crippen LogP contribution in [0.5, 0.6) is 0 Å². The van der Waals surface area contributed by atoms with E-state index in [0.29, 0.717) is 0 Å². The molecule has 1 atom stereocenters. The quantitative estimate of drug-likeness (QED) is 0.765. The Balaban J connectivity index is 2.27. The van der Waals surface area contributed by atoms with E-state index in [1.54, 1.807) is 11.8 Å². The summed E-state index contributed by atoms with van der Waals surface area (Å²) in [7, 11) is 0. The van der Waals surface area contributed by atoms with Gasteiger partial charge in [-0.15, -0.1) is 11.8 Å². The van der Waals surface area contributed by atoms with Gasteiger partial charge in [-0.1, -0.05) is 48.9 Å². The minimum absolute atomic E-state index is 0.284. The fraction of sp³-hybridized carbons (Fsp3) is 0.333. The van der Waals surface area contributed by atoms with Gasteiger partial charge in [0.25, 0.3) is 0 Å². The van der Waals surface area contributed by atoms with Crippen LogP contribution in [-0.4, -0.2) is 12.8 Å². The molecular formula is C18H23NS. The zero-order chi connectivity index (χ0) is 14.4. The van der Waals surface area contributed by atoms with E-state index < -0.39 is 0 Å². The van der Waals surface area contributed by atoms with Crippen molar-refractivity contribution >= 4 is 11.8 Å². The van der Waals surface area contributed by atoms with Crippen molar-refractivity contribution in [1.82, 2.24) is 5.32 Å². The third-order valence-corrected chi connectivity index (χ3v) is 4.20. The average Bonchev–Trinajstić information content (AvgIpc) is 2.50. The largest absolute Gasteiger partial charge is 0.306 e. The van der Waals surface area contributed by atoms with Gasteiger partial charge in [-0.25, -0.2) is 0 Å². The van der Waals surface area contributed by atoms with E-state index in [0.717, 1.165) is 13.0 Å². The molecule has 0 spiro atoms. The van der Waals surface area contributed by atoms with E-state index in [2.05, 4.69) is 74.0 Å². The second kappa shape index (κ2) is 7.51. The highest BCUT2D eigenvalue weighted by atomic mass is 32.2. The maximum atomic E-state index is 3.65. The molecule has 1 N–H and O–H groups in total. The van der Waals surface area contributed by atoms with Crippen molar-refractivity contribution in [3.05, 3.63) is 65.2 Å². The molecule has 2 heteroatoms. The highest BCUT2D eigenvalue weighted by Crippen LogP contribution is 2.25. The van der Waals surface area contributed by atoms with Crippen molar-refractivity contribution in [2.24, 2.45) is 0 Å². The van der Waals surface area contributed by atoms with Crippen LogP contribution in [0.3, 0.4) is 0 Å². The monoisotopic (exact) mass is 285 g/mol. The summed E-state index contributed by atoms with van der Waals surface area (Å²) in [6.45, 7) is 5.37. The molecule has 2 aromatic carbocycles. The van der Waals surface area contributed by atoms with Crippen molar-refractivity contribution in [3.63, 3.8) is 0 Å². The first-order valence-corrected chi connectivity index (χ1v) is 8.41. The van der Waals surface area contributed by atoms with Gasteiger partial charge in [0, 0.05) is 4.90 Å². The molecule has 0 saturated carbocycles. The molecule has 2 aromatic rings. The molecule has 0 aliphatic rings. The summed E-state index contributed by atoms with van der Waals surface area (Å²) in [6.07, 6.45) is 3.26. The zero-order valence-electron chi connectivity index (χ0n) is 12.5. The molecule has 0 heterocycles. The molecule has 2 rings (SSSR count). The van der Waals surface area contributed by atoms with Crippen LogP contribution >= 0.6 is 11.8 Å². The number of nitrogens with one attached hydrogen (secondary N) is 1. The third-order valence-electron chi connectivity index (χ3n) is 3.46. The van der Waals surface area contributed by atoms with Crippen LogP contribution in [0.25, 0.3) is 0 Å². The molecule has 0 bridgehead atoms. The van der Waals surface area contributed by atoms with Crippen LogP contribution in [0.2, 0.25) is 0 Å². The van der Waals surface area contributed by atoms with Crippen LogP contribution in [0.1, 0.15) is 36.1 Å². The fourth-order valence-electron chi connectivity index (χ4n) is 2.27. The van der Waals surface area contributed by atoms with Gasteiger partial charge in [-0.2, -0.15) is 0 Å². The first-order chi connectivity index (χ1) is 9.74. The zero-order valence-corrected chi connectivity index (χ0v) is 13.3. The summed E-state index contributed by atoms with van der Waals surface area (Å²) in [5.74, 6) is 0. The molecule has 0 aliphatic heterocycles. The lowest BCUT2D eigenvalue weighted by molar-refractivity contribution is 0.598. The van der Waals surface area contributed by atoms with Gasteiger partial charge in [0.1, 0.15) is 0 Å². The second-order valence-electron chi connectivity index (χ2n) is 5.07. The van der Waals surface area contributed by atoms with E-state index in [4.69, 9.17) is 0 Å². The van der Waals surface area contributed by atoms with Crippen LogP contribution in [0.15, 0.2) is 53.4 Å². The maximum absolute atomic E-state index is 3.65. The van der Waals surface area contributed by atoms with Gasteiger partial charge in [-0.05, 0) is 49.4 Å². The van der Waals surface area contributed by atoms with Crippen LogP contribution in [0.4, 0.5) is 0 Å². The Morgan fingerprint density at radius 1 is 0.950 bits per heavy atom. The van der Waals surface area contributed by atoms with E-state index in [1.807, 2.05) is 0 Å². The highest BCUT2D eigenvalue weighted by Gasteiger charge is 2.12. The van der Waals surface area contributed by atoms with Crippen molar-refractivity contribution < 1.29 is 0 Å². The normalized spacial score (nSPS) is 12.3. The predicted molar refractivity (Wildman–Crippen MR) is 89.5 cm³/mol. The number of rotatable bonds is 6. The topological polar surface area (TPSA) is 12.0 Å². The van der Waals surface area contributed by atoms with Crippen LogP contribution < -0.4 is 5.32 Å². The lowest BCUT2D eigenvalue weighted by Gasteiger charge is -2.20. The highest BCUT2D eigenvalue weighted by molar-refractivity contribution is 7.98. The summed E-state index contributed by atoms with van der Waals surface area (Å²) in [4.78, 5) is 1.31. The van der Waals surface area contributed by atoms with Crippen molar-refractivity contribution in [3.8, 4) is 0 Å². The lowest BCUT2D eigenvalue weighted by atomic mass is 9.98. The first kappa shape index (κ1) is 15.1. The van der Waals surface area contributed by atoms with Crippen molar-refractivity contribution in [2.45, 2.75) is 31.2 Å². The van der Waals surface area contributed by atoms with Crippen LogP contribution in [0, 0.1) is 6.92 Å². The molecular weight excluding hydrogens is 262 g/mol. The standard InChI is InChI=1S/C18H23NS/c1-4-13-19-18(15-7-5-14(2)6-8-15)16-9-11-17(20-3)12-10-16/h5-12,18-19H,4,13H2,1-3H3. The van der Waals surface area contributed by atoms with Crippen molar-refractivity contribution in [1.29, 1.82) is 0 Å². The second-order valence-corrected chi connectivity index (χ2v) is 5.95. The Kier molecular flexibility index (Phi) is 5.69. The third kappa shape index (κ3) is 3.87. The molecule has 0 fully saturated rings. The molecule has 0 aliphatic carbocycles. The van der Waals surface area contributed by atoms with Crippen molar-refractivity contribution in [2.75, 3.05) is 12.8 Å². The van der Waals surface area contributed by atoms with Crippen LogP contribution in [-0.2, 0) is 0 Å². The number of benzene rings is 2. The Labute approximate surface area is 126 Å². The molecule has 0 amide bonds. The smallest absolute Gasteiger partial charge is 0.0576 e. The van der Waals surface area contributed by atoms with Gasteiger partial charge >= 0.3 is 0 Å². The molecule has 1 unspecified atom stereocenters. The Hall–Kier alpha value is -1.25. The molecule has 106 valence electrons. The predicted octanol–water partition coefficient (Wildman–Crippen LogP) is 4.81. The average molecular weight is 285 g/mol. The summed E-state index contributed by atoms with van der Waals surface area (Å²) < 4.78 is 0. The van der Waals surface area contributed by atoms with E-state index in [9.17, 15) is 0 Å². The van der Waals surface area contributed by atoms with E-state index >= 15 is 0 Å². The van der Waals surface area contributed by atoms with Gasteiger partial charge in [0.05, 0.1) is 6.04 Å². The molecule has 0 aromatic heterocycles. The van der Waals surface area contributed by atoms with Gasteiger partial charge in [0.2, 0.25) is 0 Å². The summed E-state index contributed by atoms with van der Waals surface area (Å²) in [5.41, 5.74) is 3.97. The number of aryl methyl sites for hydroxylation is 1. The number of thioether (sulfide) groups is 1. The van der Waals surface area contributed by atoms with Gasteiger partial charge in [-0.3, -0.25) is 0 Å². The Morgan fingerprint density at radius 2 is 1.50 bits per heavy atom. The minimum Gasteiger partial charge on any atom is -0.306 e. The fourth-order valence-corrected chi connectivity index (χ4v) is 2.68. The van der Waals surface area contributed by atoms with Gasteiger partial charge in [0.15, 0.2) is 0 Å². The van der Waals surface area contributed by atoms with E-state index in [1.165, 1.54) is 21.6 Å².